The topological polar surface area (TPSA) is 20.2 Å². The van der Waals surface area contributed by atoms with Crippen LogP contribution in [0.25, 0.3) is 0 Å². The fourth-order valence-electron chi connectivity index (χ4n) is 1.17. The summed E-state index contributed by atoms with van der Waals surface area (Å²) in [6, 6.07) is 0. The molecule has 9 heavy (non-hydrogen) atoms. The van der Waals surface area contributed by atoms with Gasteiger partial charge in [-0.25, -0.2) is 0 Å². The minimum atomic E-state index is -0.663. The van der Waals surface area contributed by atoms with Gasteiger partial charge < -0.3 is 5.11 Å². The summed E-state index contributed by atoms with van der Waals surface area (Å²) < 4.78 is 0. The molecule has 50 valence electrons. The van der Waals surface area contributed by atoms with Crippen molar-refractivity contribution in [2.45, 2.75) is 31.3 Å². The van der Waals surface area contributed by atoms with E-state index in [-0.39, 0.29) is 0 Å². The van der Waals surface area contributed by atoms with Crippen molar-refractivity contribution in [3.63, 3.8) is 0 Å². The van der Waals surface area contributed by atoms with Crippen LogP contribution in [-0.4, -0.2) is 10.7 Å². The third-order valence-corrected chi connectivity index (χ3v) is 1.91. The number of rotatable bonds is 0. The highest BCUT2D eigenvalue weighted by Crippen LogP contribution is 2.28. The van der Waals surface area contributed by atoms with E-state index >= 15 is 0 Å². The zero-order valence-corrected chi connectivity index (χ0v) is 6.74. The second kappa shape index (κ2) is 2.72. The molecule has 1 N–H and O–H groups in total. The Morgan fingerprint density at radius 1 is 1.33 bits per heavy atom. The summed E-state index contributed by atoms with van der Waals surface area (Å²) in [4.78, 5) is 2.56. The molecule has 0 atom stereocenters. The molecule has 0 saturated heterocycles. The summed E-state index contributed by atoms with van der Waals surface area (Å²) in [6.45, 7) is 0. The first-order valence-corrected chi connectivity index (χ1v) is 3.91. The van der Waals surface area contributed by atoms with Gasteiger partial charge in [0.1, 0.15) is 5.60 Å². The number of hydrogen-bond acceptors (Lipinski definition) is 1. The molecule has 0 aliphatic heterocycles. The fraction of sp³-hybridized carbons (Fsp3) is 0.714. The van der Waals surface area contributed by atoms with Crippen molar-refractivity contribution in [1.82, 2.24) is 0 Å². The molecule has 0 aromatic rings. The Labute approximate surface area is 63.6 Å². The average Bonchev–Trinajstić information content (AvgIpc) is 2.16. The molecule has 0 aromatic carbocycles. The van der Waals surface area contributed by atoms with Gasteiger partial charge in [0.15, 0.2) is 0 Å². The van der Waals surface area contributed by atoms with Gasteiger partial charge in [0.2, 0.25) is 0 Å². The number of aliphatic hydroxyl groups is 1. The minimum absolute atomic E-state index is 0.663. The lowest BCUT2D eigenvalue weighted by molar-refractivity contribution is 0.110. The first kappa shape index (κ1) is 7.11. The fourth-order valence-corrected chi connectivity index (χ4v) is 1.54. The van der Waals surface area contributed by atoms with Crippen LogP contribution in [0.3, 0.4) is 0 Å². The highest BCUT2D eigenvalue weighted by atomic mass is 79.9. The predicted molar refractivity (Wildman–Crippen MR) is 40.1 cm³/mol. The molecule has 0 spiro atoms. The second-order valence-electron chi connectivity index (χ2n) is 2.46. The average molecular weight is 189 g/mol. The lowest BCUT2D eigenvalue weighted by Crippen LogP contribution is -2.20. The Bertz CT molecular complexity index is 148. The van der Waals surface area contributed by atoms with Crippen LogP contribution in [0.4, 0.5) is 0 Å². The highest BCUT2D eigenvalue weighted by molar-refractivity contribution is 9.12. The zero-order valence-electron chi connectivity index (χ0n) is 5.15. The van der Waals surface area contributed by atoms with Crippen LogP contribution in [0, 0.1) is 10.8 Å². The van der Waals surface area contributed by atoms with Gasteiger partial charge in [-0.05, 0) is 30.5 Å². The molecule has 0 radical (unpaired) electrons. The lowest BCUT2D eigenvalue weighted by atomic mass is 10.1. The molecule has 1 aliphatic rings. The molecular weight excluding hydrogens is 180 g/mol. The smallest absolute Gasteiger partial charge is 0.126 e. The summed E-state index contributed by atoms with van der Waals surface area (Å²) in [7, 11) is 0. The third kappa shape index (κ3) is 1.70. The Morgan fingerprint density at radius 2 is 1.89 bits per heavy atom. The number of hydrogen-bond donors (Lipinski definition) is 1. The van der Waals surface area contributed by atoms with Crippen molar-refractivity contribution >= 4 is 15.9 Å². The molecule has 1 aliphatic carbocycles. The zero-order chi connectivity index (χ0) is 6.74. The van der Waals surface area contributed by atoms with Gasteiger partial charge >= 0.3 is 0 Å². The summed E-state index contributed by atoms with van der Waals surface area (Å²) in [5.74, 6) is 2.74. The van der Waals surface area contributed by atoms with Gasteiger partial charge in [-0.3, -0.25) is 0 Å². The summed E-state index contributed by atoms with van der Waals surface area (Å²) in [5.41, 5.74) is -0.663. The van der Waals surface area contributed by atoms with E-state index in [9.17, 15) is 5.11 Å². The maximum atomic E-state index is 9.49. The summed E-state index contributed by atoms with van der Waals surface area (Å²) in [5, 5.41) is 9.49. The normalized spacial score (nSPS) is 22.9. The molecule has 1 rings (SSSR count). The van der Waals surface area contributed by atoms with E-state index in [0.717, 1.165) is 25.7 Å². The molecular formula is C7H9BrO. The van der Waals surface area contributed by atoms with Crippen molar-refractivity contribution in [3.8, 4) is 10.8 Å². The van der Waals surface area contributed by atoms with Crippen molar-refractivity contribution in [3.05, 3.63) is 0 Å². The molecule has 2 heteroatoms. The maximum absolute atomic E-state index is 9.49. The second-order valence-corrected chi connectivity index (χ2v) is 2.85. The van der Waals surface area contributed by atoms with E-state index in [1.165, 1.54) is 0 Å². The standard InChI is InChI=1S/C7H9BrO/c8-6-5-7(9)3-1-2-4-7/h9H,1-4H2. The van der Waals surface area contributed by atoms with Crippen molar-refractivity contribution in [2.75, 3.05) is 0 Å². The molecule has 1 fully saturated rings. The maximum Gasteiger partial charge on any atom is 0.126 e. The van der Waals surface area contributed by atoms with Crippen LogP contribution in [0.1, 0.15) is 25.7 Å². The van der Waals surface area contributed by atoms with Gasteiger partial charge in [-0.1, -0.05) is 5.92 Å². The molecule has 0 aromatic heterocycles. The van der Waals surface area contributed by atoms with Crippen LogP contribution in [0.5, 0.6) is 0 Å². The summed E-state index contributed by atoms with van der Waals surface area (Å²) in [6.07, 6.45) is 3.90. The quantitative estimate of drug-likeness (QED) is 0.574. The molecule has 0 unspecified atom stereocenters. The van der Waals surface area contributed by atoms with E-state index in [1.54, 1.807) is 0 Å². The van der Waals surface area contributed by atoms with Crippen molar-refractivity contribution in [2.24, 2.45) is 0 Å². The lowest BCUT2D eigenvalue weighted by Gasteiger charge is -2.11. The van der Waals surface area contributed by atoms with E-state index in [1.807, 2.05) is 0 Å². The van der Waals surface area contributed by atoms with Gasteiger partial charge in [0.25, 0.3) is 0 Å². The van der Waals surface area contributed by atoms with E-state index < -0.39 is 5.60 Å². The van der Waals surface area contributed by atoms with Gasteiger partial charge in [0.05, 0.1) is 0 Å². The van der Waals surface area contributed by atoms with Crippen LogP contribution in [0.2, 0.25) is 0 Å². The largest absolute Gasteiger partial charge is 0.378 e. The van der Waals surface area contributed by atoms with Crippen LogP contribution in [-0.2, 0) is 0 Å². The van der Waals surface area contributed by atoms with Crippen LogP contribution >= 0.6 is 15.9 Å². The first-order chi connectivity index (χ1) is 4.27. The van der Waals surface area contributed by atoms with Crippen LogP contribution in [0.15, 0.2) is 0 Å². The highest BCUT2D eigenvalue weighted by Gasteiger charge is 2.28. The Balaban J connectivity index is 2.58. The Hall–Kier alpha value is 0. The first-order valence-electron chi connectivity index (χ1n) is 3.12. The van der Waals surface area contributed by atoms with Crippen molar-refractivity contribution in [1.29, 1.82) is 0 Å². The third-order valence-electron chi connectivity index (χ3n) is 1.71. The monoisotopic (exact) mass is 188 g/mol. The minimum Gasteiger partial charge on any atom is -0.378 e. The molecule has 1 nitrogen and oxygen atoms in total. The van der Waals surface area contributed by atoms with Gasteiger partial charge in [-0.2, -0.15) is 0 Å². The Kier molecular flexibility index (Phi) is 2.15. The predicted octanol–water partition coefficient (Wildman–Crippen LogP) is 1.65. The summed E-state index contributed by atoms with van der Waals surface area (Å²) >= 11 is 2.97. The van der Waals surface area contributed by atoms with Crippen LogP contribution < -0.4 is 0 Å². The molecule has 0 heterocycles. The van der Waals surface area contributed by atoms with E-state index in [0.29, 0.717) is 0 Å². The van der Waals surface area contributed by atoms with Gasteiger partial charge in [0, 0.05) is 15.9 Å². The molecule has 0 amide bonds. The van der Waals surface area contributed by atoms with Crippen molar-refractivity contribution < 1.29 is 5.11 Å². The SMILES string of the molecule is OC1(C#CBr)CCCC1. The van der Waals surface area contributed by atoms with E-state index in [2.05, 4.69) is 26.7 Å². The molecule has 0 bridgehead atoms. The Morgan fingerprint density at radius 3 is 2.33 bits per heavy atom. The van der Waals surface area contributed by atoms with E-state index in [4.69, 9.17) is 0 Å². The molecule has 1 saturated carbocycles. The van der Waals surface area contributed by atoms with Gasteiger partial charge in [-0.15, -0.1) is 0 Å². The number of halogens is 1.